The predicted octanol–water partition coefficient (Wildman–Crippen LogP) is 6.04. The maximum atomic E-state index is 13.4. The Labute approximate surface area is 217 Å². The number of benzene rings is 1. The van der Waals surface area contributed by atoms with Gasteiger partial charge in [-0.25, -0.2) is 9.97 Å². The molecule has 176 valence electrons. The molecule has 0 radical (unpaired) electrons. The fourth-order valence-electron chi connectivity index (χ4n) is 4.53. The van der Waals surface area contributed by atoms with Gasteiger partial charge in [0, 0.05) is 33.0 Å². The average Bonchev–Trinajstić information content (AvgIpc) is 3.55. The molecule has 0 amide bonds. The van der Waals surface area contributed by atoms with Gasteiger partial charge in [0.1, 0.15) is 15.5 Å². The Morgan fingerprint density at radius 1 is 1.14 bits per heavy atom. The van der Waals surface area contributed by atoms with E-state index in [4.69, 9.17) is 21.6 Å². The first-order valence-corrected chi connectivity index (χ1v) is 14.1. The number of aryl methyl sites for hydroxylation is 2. The van der Waals surface area contributed by atoms with Gasteiger partial charge in [-0.15, -0.1) is 29.3 Å². The molecule has 4 aromatic heterocycles. The Morgan fingerprint density at radius 2 is 2.00 bits per heavy atom. The van der Waals surface area contributed by atoms with Gasteiger partial charge in [-0.2, -0.15) is 0 Å². The van der Waals surface area contributed by atoms with Gasteiger partial charge in [0.15, 0.2) is 5.16 Å². The van der Waals surface area contributed by atoms with E-state index in [-0.39, 0.29) is 11.1 Å². The third-order valence-electron chi connectivity index (χ3n) is 6.10. The lowest BCUT2D eigenvalue weighted by molar-refractivity contribution is 0.672. The molecule has 0 saturated heterocycles. The Bertz CT molecular complexity index is 1750. The first-order valence-electron chi connectivity index (χ1n) is 11.1. The summed E-state index contributed by atoms with van der Waals surface area (Å²) in [6, 6.07) is 7.46. The second kappa shape index (κ2) is 9.05. The van der Waals surface area contributed by atoms with E-state index in [1.807, 2.05) is 29.6 Å². The van der Waals surface area contributed by atoms with Gasteiger partial charge >= 0.3 is 0 Å². The zero-order valence-electron chi connectivity index (χ0n) is 18.5. The van der Waals surface area contributed by atoms with Crippen molar-refractivity contribution >= 4 is 66.5 Å². The summed E-state index contributed by atoms with van der Waals surface area (Å²) in [7, 11) is 0. The van der Waals surface area contributed by atoms with Crippen LogP contribution in [0.1, 0.15) is 22.7 Å². The summed E-state index contributed by atoms with van der Waals surface area (Å²) in [4.78, 5) is 41.6. The third kappa shape index (κ3) is 3.87. The summed E-state index contributed by atoms with van der Waals surface area (Å²) in [6.45, 7) is 4.19. The van der Waals surface area contributed by atoms with Gasteiger partial charge in [0.25, 0.3) is 11.1 Å². The van der Waals surface area contributed by atoms with Crippen molar-refractivity contribution < 1.29 is 0 Å². The van der Waals surface area contributed by atoms with Gasteiger partial charge in [0.2, 0.25) is 0 Å². The van der Waals surface area contributed by atoms with Crippen LogP contribution in [-0.2, 0) is 25.1 Å². The number of allylic oxidation sites excluding steroid dienone is 1. The molecule has 4 heterocycles. The first kappa shape index (κ1) is 22.7. The maximum absolute atomic E-state index is 13.4. The molecule has 10 heteroatoms. The molecule has 1 aliphatic rings. The van der Waals surface area contributed by atoms with Gasteiger partial charge in [-0.05, 0) is 30.9 Å². The Morgan fingerprint density at radius 3 is 2.83 bits per heavy atom. The molecule has 5 aromatic rings. The van der Waals surface area contributed by atoms with E-state index >= 15 is 0 Å². The van der Waals surface area contributed by atoms with E-state index in [1.54, 1.807) is 22.0 Å². The second-order valence-corrected chi connectivity index (χ2v) is 11.5. The molecule has 0 spiro atoms. The summed E-state index contributed by atoms with van der Waals surface area (Å²) in [5.41, 5.74) is 2.53. The summed E-state index contributed by atoms with van der Waals surface area (Å²) in [6.07, 6.45) is 4.76. The SMILES string of the molecule is C=CCn1c(SCc2nc3scc(-c4ccccc4Cl)c3c(=O)[nH]2)nc2sc3c(c2c1=O)CCC3. The number of thioether (sulfide) groups is 1. The van der Waals surface area contributed by atoms with Gasteiger partial charge in [0.05, 0.1) is 16.5 Å². The summed E-state index contributed by atoms with van der Waals surface area (Å²) in [5.74, 6) is 0.915. The molecule has 0 aliphatic heterocycles. The molecule has 0 unspecified atom stereocenters. The number of fused-ring (bicyclic) bond motifs is 4. The fraction of sp³-hybridized carbons (Fsp3) is 0.200. The van der Waals surface area contributed by atoms with E-state index in [9.17, 15) is 9.59 Å². The summed E-state index contributed by atoms with van der Waals surface area (Å²) >= 11 is 10.8. The highest BCUT2D eigenvalue weighted by Crippen LogP contribution is 2.37. The normalized spacial score (nSPS) is 13.1. The van der Waals surface area contributed by atoms with Crippen LogP contribution in [0.2, 0.25) is 5.02 Å². The van der Waals surface area contributed by atoms with Gasteiger partial charge < -0.3 is 4.98 Å². The van der Waals surface area contributed by atoms with Crippen molar-refractivity contribution in [2.45, 2.75) is 36.7 Å². The number of thiophene rings is 2. The van der Waals surface area contributed by atoms with Crippen molar-refractivity contribution in [1.29, 1.82) is 0 Å². The molecule has 1 N–H and O–H groups in total. The Kier molecular flexibility index (Phi) is 5.88. The number of aromatic amines is 1. The lowest BCUT2D eigenvalue weighted by atomic mass is 10.1. The maximum Gasteiger partial charge on any atom is 0.263 e. The quantitative estimate of drug-likeness (QED) is 0.162. The third-order valence-corrected chi connectivity index (χ3v) is 9.47. The van der Waals surface area contributed by atoms with Crippen LogP contribution in [0, 0.1) is 0 Å². The van der Waals surface area contributed by atoms with Crippen LogP contribution in [0.15, 0.2) is 57.0 Å². The van der Waals surface area contributed by atoms with E-state index in [0.717, 1.165) is 40.6 Å². The van der Waals surface area contributed by atoms with E-state index in [1.165, 1.54) is 33.5 Å². The Hall–Kier alpha value is -2.72. The molecule has 0 atom stereocenters. The molecule has 0 saturated carbocycles. The largest absolute Gasteiger partial charge is 0.309 e. The predicted molar refractivity (Wildman–Crippen MR) is 146 cm³/mol. The minimum atomic E-state index is -0.205. The number of hydrogen-bond donors (Lipinski definition) is 1. The number of nitrogens with zero attached hydrogens (tertiary/aromatic N) is 3. The minimum absolute atomic E-state index is 0.0173. The van der Waals surface area contributed by atoms with Gasteiger partial charge in [-0.3, -0.25) is 14.2 Å². The molecule has 0 fully saturated rings. The highest BCUT2D eigenvalue weighted by atomic mass is 35.5. The monoisotopic (exact) mass is 538 g/mol. The van der Waals surface area contributed by atoms with Crippen molar-refractivity contribution in [3.8, 4) is 11.1 Å². The number of nitrogens with one attached hydrogen (secondary N) is 1. The van der Waals surface area contributed by atoms with Crippen LogP contribution in [0.4, 0.5) is 0 Å². The molecular formula is C25H19ClN4O2S3. The molecular weight excluding hydrogens is 520 g/mol. The lowest BCUT2D eigenvalue weighted by Gasteiger charge is -2.10. The molecule has 35 heavy (non-hydrogen) atoms. The van der Waals surface area contributed by atoms with E-state index in [0.29, 0.717) is 38.5 Å². The standard InChI is InChI=1S/C25H19ClN4O2S3/c1-2-10-30-24(32)20-14-7-5-9-17(14)35-23(20)29-25(30)34-12-18-27-21(31)19-15(11-33-22(19)28-18)13-6-3-4-8-16(13)26/h2-4,6,8,11H,1,5,7,9-10,12H2,(H,27,28,31). The minimum Gasteiger partial charge on any atom is -0.309 e. The van der Waals surface area contributed by atoms with Crippen LogP contribution in [0.25, 0.3) is 31.6 Å². The molecule has 6 rings (SSSR count). The van der Waals surface area contributed by atoms with Crippen LogP contribution in [0.3, 0.4) is 0 Å². The van der Waals surface area contributed by atoms with E-state index in [2.05, 4.69) is 11.6 Å². The van der Waals surface area contributed by atoms with Gasteiger partial charge in [-0.1, -0.05) is 47.6 Å². The Balaban J connectivity index is 1.36. The topological polar surface area (TPSA) is 80.6 Å². The van der Waals surface area contributed by atoms with E-state index < -0.39 is 0 Å². The summed E-state index contributed by atoms with van der Waals surface area (Å²) in [5, 5.41) is 4.40. The van der Waals surface area contributed by atoms with Crippen molar-refractivity contribution in [2.24, 2.45) is 0 Å². The fourth-order valence-corrected chi connectivity index (χ4v) is 7.91. The number of hydrogen-bond acceptors (Lipinski definition) is 7. The van der Waals surface area contributed by atoms with Crippen LogP contribution < -0.4 is 11.1 Å². The molecule has 6 nitrogen and oxygen atoms in total. The van der Waals surface area contributed by atoms with Crippen LogP contribution >= 0.6 is 46.0 Å². The van der Waals surface area contributed by atoms with Crippen molar-refractivity contribution in [2.75, 3.05) is 0 Å². The number of aromatic nitrogens is 4. The smallest absolute Gasteiger partial charge is 0.263 e. The number of H-pyrrole nitrogens is 1. The zero-order chi connectivity index (χ0) is 24.1. The highest BCUT2D eigenvalue weighted by Gasteiger charge is 2.23. The highest BCUT2D eigenvalue weighted by molar-refractivity contribution is 7.98. The summed E-state index contributed by atoms with van der Waals surface area (Å²) < 4.78 is 1.67. The van der Waals surface area contributed by atoms with Crippen molar-refractivity contribution in [3.05, 3.63) is 84.3 Å². The number of rotatable bonds is 6. The van der Waals surface area contributed by atoms with Crippen molar-refractivity contribution in [1.82, 2.24) is 19.5 Å². The molecule has 0 bridgehead atoms. The lowest BCUT2D eigenvalue weighted by Crippen LogP contribution is -2.23. The number of halogens is 1. The second-order valence-electron chi connectivity index (χ2n) is 8.25. The zero-order valence-corrected chi connectivity index (χ0v) is 21.7. The van der Waals surface area contributed by atoms with Crippen LogP contribution in [0.5, 0.6) is 0 Å². The molecule has 1 aromatic carbocycles. The van der Waals surface area contributed by atoms with Crippen LogP contribution in [-0.4, -0.2) is 19.5 Å². The average molecular weight is 539 g/mol. The first-order chi connectivity index (χ1) is 17.0. The van der Waals surface area contributed by atoms with Crippen molar-refractivity contribution in [3.63, 3.8) is 0 Å². The molecule has 1 aliphatic carbocycles.